The van der Waals surface area contributed by atoms with Gasteiger partial charge in [-0.2, -0.15) is 0 Å². The normalized spacial score (nSPS) is 38.3. The molecule has 12 heteroatoms. The second-order valence-corrected chi connectivity index (χ2v) is 11.9. The van der Waals surface area contributed by atoms with Gasteiger partial charge in [-0.1, -0.05) is 37.1 Å². The van der Waals surface area contributed by atoms with Gasteiger partial charge in [0.15, 0.2) is 0 Å². The van der Waals surface area contributed by atoms with Crippen molar-refractivity contribution in [2.45, 2.75) is 114 Å². The predicted octanol–water partition coefficient (Wildman–Crippen LogP) is 0.0125. The molecule has 2 aliphatic heterocycles. The molecule has 0 saturated carbocycles. The van der Waals surface area contributed by atoms with Crippen LogP contribution in [0.25, 0.3) is 0 Å². The quantitative estimate of drug-likeness (QED) is 0.165. The molecular formula is C31H46O12. The first-order valence-corrected chi connectivity index (χ1v) is 14.9. The van der Waals surface area contributed by atoms with Crippen molar-refractivity contribution in [3.63, 3.8) is 0 Å². The average Bonchev–Trinajstić information content (AvgIpc) is 2.97. The fraction of sp³-hybridized carbons (Fsp3) is 0.677. The van der Waals surface area contributed by atoms with E-state index in [-0.39, 0.29) is 23.3 Å². The van der Waals surface area contributed by atoms with Crippen LogP contribution in [0.1, 0.15) is 57.1 Å². The summed E-state index contributed by atoms with van der Waals surface area (Å²) in [6, 6.07) is 3.54. The van der Waals surface area contributed by atoms with E-state index in [0.29, 0.717) is 12.0 Å². The Morgan fingerprint density at radius 1 is 0.837 bits per heavy atom. The van der Waals surface area contributed by atoms with Gasteiger partial charge in [0.1, 0.15) is 60.3 Å². The van der Waals surface area contributed by atoms with Crippen LogP contribution in [-0.2, 0) is 15.9 Å². The SMILES string of the molecule is C=C(C)[C@@H]1CCC(C)=C[C@H]1c1c(O[C@@H]2O[C@H](CO)[C@@H](O)[C@H](O)[C@H]2O)cc(CCC)cc1O[C@@H]1O[C@H](CO)[C@@H](O)[C@H](O)[C@H]1O. The van der Waals surface area contributed by atoms with E-state index in [4.69, 9.17) is 18.9 Å². The Morgan fingerprint density at radius 3 is 1.74 bits per heavy atom. The van der Waals surface area contributed by atoms with Crippen molar-refractivity contribution >= 4 is 0 Å². The predicted molar refractivity (Wildman–Crippen MR) is 153 cm³/mol. The second-order valence-electron chi connectivity index (χ2n) is 11.9. The van der Waals surface area contributed by atoms with Gasteiger partial charge in [-0.25, -0.2) is 0 Å². The van der Waals surface area contributed by atoms with Gasteiger partial charge in [0.2, 0.25) is 12.6 Å². The summed E-state index contributed by atoms with van der Waals surface area (Å²) in [5.74, 6) is 0.0471. The first kappa shape index (κ1) is 33.8. The number of aliphatic hydroxyl groups is 8. The lowest BCUT2D eigenvalue weighted by molar-refractivity contribution is -0.279. The molecule has 0 unspecified atom stereocenters. The highest BCUT2D eigenvalue weighted by Gasteiger charge is 2.47. The number of benzene rings is 1. The Balaban J connectivity index is 1.86. The van der Waals surface area contributed by atoms with Gasteiger partial charge in [0, 0.05) is 11.5 Å². The zero-order valence-electron chi connectivity index (χ0n) is 24.8. The first-order valence-electron chi connectivity index (χ1n) is 14.9. The van der Waals surface area contributed by atoms with E-state index in [2.05, 4.69) is 12.7 Å². The molecule has 0 bridgehead atoms. The van der Waals surface area contributed by atoms with Crippen LogP contribution in [0, 0.1) is 5.92 Å². The van der Waals surface area contributed by atoms with Crippen LogP contribution in [-0.4, -0.2) is 115 Å². The first-order chi connectivity index (χ1) is 20.4. The van der Waals surface area contributed by atoms with Crippen LogP contribution in [0.4, 0.5) is 0 Å². The van der Waals surface area contributed by atoms with E-state index in [9.17, 15) is 40.9 Å². The highest BCUT2D eigenvalue weighted by atomic mass is 16.7. The van der Waals surface area contributed by atoms with Crippen molar-refractivity contribution in [2.24, 2.45) is 5.92 Å². The lowest BCUT2D eigenvalue weighted by atomic mass is 9.73. The van der Waals surface area contributed by atoms with Gasteiger partial charge in [-0.15, -0.1) is 0 Å². The Hall–Kier alpha value is -2.10. The fourth-order valence-corrected chi connectivity index (χ4v) is 6.10. The van der Waals surface area contributed by atoms with E-state index in [1.54, 1.807) is 12.1 Å². The maximum absolute atomic E-state index is 10.8. The van der Waals surface area contributed by atoms with Gasteiger partial charge < -0.3 is 59.8 Å². The van der Waals surface area contributed by atoms with Gasteiger partial charge in [-0.3, -0.25) is 0 Å². The van der Waals surface area contributed by atoms with Crippen LogP contribution >= 0.6 is 0 Å². The summed E-state index contributed by atoms with van der Waals surface area (Å²) in [7, 11) is 0. The highest BCUT2D eigenvalue weighted by molar-refractivity contribution is 5.53. The standard InChI is InChI=1S/C31H46O12/c1-5-6-16-10-19(40-30-28(38)26(36)24(34)21(12-32)42-30)23(18-9-15(4)7-8-17(18)14(2)3)20(11-16)41-31-29(39)27(37)25(35)22(13-33)43-31/h9-11,17-18,21-22,24-39H,2,5-8,12-13H2,1,3-4H3/t17-,18+,21+,22+,24+,25+,26-,27-,28+,29+,30+,31+/m0/s1. The average molecular weight is 611 g/mol. The van der Waals surface area contributed by atoms with Crippen LogP contribution in [0.5, 0.6) is 11.5 Å². The third-order valence-electron chi connectivity index (χ3n) is 8.60. The maximum atomic E-state index is 10.8. The van der Waals surface area contributed by atoms with Gasteiger partial charge in [0.05, 0.1) is 13.2 Å². The number of hydrogen-bond acceptors (Lipinski definition) is 12. The molecule has 2 fully saturated rings. The topological polar surface area (TPSA) is 199 Å². The minimum Gasteiger partial charge on any atom is -0.462 e. The number of allylic oxidation sites excluding steroid dienone is 3. The molecule has 2 heterocycles. The Labute approximate surface area is 251 Å². The molecular weight excluding hydrogens is 564 g/mol. The van der Waals surface area contributed by atoms with Crippen molar-refractivity contribution in [3.8, 4) is 11.5 Å². The molecule has 242 valence electrons. The summed E-state index contributed by atoms with van der Waals surface area (Å²) in [6.07, 6.45) is -10.0. The number of aryl methyl sites for hydroxylation is 1. The minimum absolute atomic E-state index is 0.0602. The lowest BCUT2D eigenvalue weighted by Crippen LogP contribution is -2.60. The van der Waals surface area contributed by atoms with E-state index in [0.717, 1.165) is 36.0 Å². The largest absolute Gasteiger partial charge is 0.462 e. The minimum atomic E-state index is -1.66. The molecule has 1 aromatic rings. The smallest absolute Gasteiger partial charge is 0.229 e. The lowest BCUT2D eigenvalue weighted by Gasteiger charge is -2.41. The highest BCUT2D eigenvalue weighted by Crippen LogP contribution is 2.48. The van der Waals surface area contributed by atoms with E-state index in [1.807, 2.05) is 20.8 Å². The Morgan fingerprint density at radius 2 is 1.33 bits per heavy atom. The Kier molecular flexibility index (Phi) is 11.3. The Bertz CT molecular complexity index is 1080. The third-order valence-corrected chi connectivity index (χ3v) is 8.60. The molecule has 1 aromatic carbocycles. The summed E-state index contributed by atoms with van der Waals surface area (Å²) < 4.78 is 23.9. The summed E-state index contributed by atoms with van der Waals surface area (Å²) in [5.41, 5.74) is 3.27. The molecule has 0 aromatic heterocycles. The molecule has 12 nitrogen and oxygen atoms in total. The monoisotopic (exact) mass is 610 g/mol. The molecule has 0 radical (unpaired) electrons. The molecule has 2 saturated heterocycles. The molecule has 1 aliphatic carbocycles. The van der Waals surface area contributed by atoms with E-state index >= 15 is 0 Å². The zero-order chi connectivity index (χ0) is 31.6. The van der Waals surface area contributed by atoms with Crippen molar-refractivity contribution in [1.29, 1.82) is 0 Å². The molecule has 3 aliphatic rings. The van der Waals surface area contributed by atoms with Crippen LogP contribution in [0.15, 0.2) is 35.9 Å². The summed E-state index contributed by atoms with van der Waals surface area (Å²) in [5, 5.41) is 82.4. The van der Waals surface area contributed by atoms with Crippen molar-refractivity contribution in [1.82, 2.24) is 0 Å². The van der Waals surface area contributed by atoms with E-state index < -0.39 is 74.6 Å². The molecule has 4 rings (SSSR count). The maximum Gasteiger partial charge on any atom is 0.229 e. The fourth-order valence-electron chi connectivity index (χ4n) is 6.10. The van der Waals surface area contributed by atoms with Gasteiger partial charge in [0.25, 0.3) is 0 Å². The van der Waals surface area contributed by atoms with Crippen molar-refractivity contribution < 1.29 is 59.8 Å². The molecule has 0 amide bonds. The number of aliphatic hydroxyl groups excluding tert-OH is 8. The van der Waals surface area contributed by atoms with Crippen LogP contribution in [0.3, 0.4) is 0 Å². The van der Waals surface area contributed by atoms with Crippen LogP contribution < -0.4 is 9.47 Å². The van der Waals surface area contributed by atoms with Gasteiger partial charge in [-0.05, 0) is 56.7 Å². The second kappa shape index (κ2) is 14.3. The molecule has 43 heavy (non-hydrogen) atoms. The number of ether oxygens (including phenoxy) is 4. The zero-order valence-corrected chi connectivity index (χ0v) is 24.8. The molecule has 8 N–H and O–H groups in total. The summed E-state index contributed by atoms with van der Waals surface area (Å²) >= 11 is 0. The summed E-state index contributed by atoms with van der Waals surface area (Å²) in [6.45, 7) is 8.86. The van der Waals surface area contributed by atoms with Crippen LogP contribution in [0.2, 0.25) is 0 Å². The third kappa shape index (κ3) is 7.09. The van der Waals surface area contributed by atoms with E-state index in [1.165, 1.54) is 0 Å². The summed E-state index contributed by atoms with van der Waals surface area (Å²) in [4.78, 5) is 0. The molecule has 12 atom stereocenters. The van der Waals surface area contributed by atoms with Gasteiger partial charge >= 0.3 is 0 Å². The molecule has 0 spiro atoms. The number of hydrogen-bond donors (Lipinski definition) is 8. The van der Waals surface area contributed by atoms with Crippen molar-refractivity contribution in [3.05, 3.63) is 47.1 Å². The number of rotatable bonds is 10. The van der Waals surface area contributed by atoms with Crippen molar-refractivity contribution in [2.75, 3.05) is 13.2 Å².